The number of hydrogen-bond acceptors (Lipinski definition) is 2. The Morgan fingerprint density at radius 3 is 2.10 bits per heavy atom. The molecule has 2 unspecified atom stereocenters. The van der Waals surface area contributed by atoms with Gasteiger partial charge in [0, 0.05) is 25.2 Å². The van der Waals surface area contributed by atoms with Gasteiger partial charge in [-0.25, -0.2) is 0 Å². The number of halogens is 1. The molecular weight excluding hydrogens is 280 g/mol. The van der Waals surface area contributed by atoms with E-state index in [9.17, 15) is 0 Å². The van der Waals surface area contributed by atoms with Crippen LogP contribution in [0.2, 0.25) is 0 Å². The monoisotopic (exact) mass is 310 g/mol. The van der Waals surface area contributed by atoms with E-state index in [1.807, 2.05) is 0 Å². The molecule has 1 aliphatic rings. The van der Waals surface area contributed by atoms with E-state index in [4.69, 9.17) is 5.73 Å². The van der Waals surface area contributed by atoms with Crippen molar-refractivity contribution in [3.05, 3.63) is 35.4 Å². The lowest BCUT2D eigenvalue weighted by atomic mass is 9.79. The van der Waals surface area contributed by atoms with Crippen LogP contribution in [0.4, 0.5) is 0 Å². The van der Waals surface area contributed by atoms with E-state index in [0.29, 0.717) is 18.0 Å². The highest BCUT2D eigenvalue weighted by Gasteiger charge is 2.35. The van der Waals surface area contributed by atoms with Crippen molar-refractivity contribution in [3.63, 3.8) is 0 Å². The second kappa shape index (κ2) is 7.13. The third-order valence-electron chi connectivity index (χ3n) is 4.97. The highest BCUT2D eigenvalue weighted by Crippen LogP contribution is 2.33. The Morgan fingerprint density at radius 1 is 1.10 bits per heavy atom. The van der Waals surface area contributed by atoms with Crippen LogP contribution in [0.1, 0.15) is 64.1 Å². The normalized spacial score (nSPS) is 23.7. The van der Waals surface area contributed by atoms with Gasteiger partial charge in [-0.1, -0.05) is 52.0 Å². The fraction of sp³-hybridized carbons (Fsp3) is 0.667. The van der Waals surface area contributed by atoms with Gasteiger partial charge < -0.3 is 5.73 Å². The Morgan fingerprint density at radius 2 is 1.62 bits per heavy atom. The zero-order valence-electron chi connectivity index (χ0n) is 14.1. The Bertz CT molecular complexity index is 439. The molecule has 0 spiro atoms. The highest BCUT2D eigenvalue weighted by molar-refractivity contribution is 5.85. The largest absolute Gasteiger partial charge is 0.327 e. The van der Waals surface area contributed by atoms with E-state index in [1.165, 1.54) is 11.1 Å². The van der Waals surface area contributed by atoms with Gasteiger partial charge in [0.05, 0.1) is 0 Å². The van der Waals surface area contributed by atoms with Gasteiger partial charge in [0.15, 0.2) is 0 Å². The fourth-order valence-corrected chi connectivity index (χ4v) is 3.12. The summed E-state index contributed by atoms with van der Waals surface area (Å²) in [6, 6.07) is 9.94. The summed E-state index contributed by atoms with van der Waals surface area (Å²) in [6.45, 7) is 13.6. The molecular formula is C18H31ClN2. The van der Waals surface area contributed by atoms with Crippen molar-refractivity contribution in [3.8, 4) is 0 Å². The van der Waals surface area contributed by atoms with Crippen LogP contribution in [-0.2, 0) is 0 Å². The number of nitrogens with zero attached hydrogens (tertiary/aromatic N) is 1. The maximum Gasteiger partial charge on any atom is 0.0320 e. The Labute approximate surface area is 136 Å². The molecule has 1 aromatic carbocycles. The smallest absolute Gasteiger partial charge is 0.0320 e. The molecule has 0 bridgehead atoms. The van der Waals surface area contributed by atoms with Gasteiger partial charge in [-0.3, -0.25) is 4.90 Å². The molecule has 120 valence electrons. The standard InChI is InChI=1S/C18H30N2.ClH/c1-13(2)15-6-8-16(9-7-15)14(3)20-11-10-17(19)18(4,5)12-20;/h6-9,13-14,17H,10-12,19H2,1-5H3;1H. The number of benzene rings is 1. The number of hydrogen-bond donors (Lipinski definition) is 1. The summed E-state index contributed by atoms with van der Waals surface area (Å²) in [4.78, 5) is 2.58. The summed E-state index contributed by atoms with van der Waals surface area (Å²) in [7, 11) is 0. The van der Waals surface area contributed by atoms with Gasteiger partial charge in [0.1, 0.15) is 0 Å². The molecule has 2 nitrogen and oxygen atoms in total. The molecule has 2 rings (SSSR count). The van der Waals surface area contributed by atoms with E-state index in [1.54, 1.807) is 0 Å². The number of rotatable bonds is 3. The molecule has 21 heavy (non-hydrogen) atoms. The summed E-state index contributed by atoms with van der Waals surface area (Å²) in [5, 5.41) is 0. The topological polar surface area (TPSA) is 29.3 Å². The minimum Gasteiger partial charge on any atom is -0.327 e. The van der Waals surface area contributed by atoms with E-state index in [2.05, 4.69) is 63.8 Å². The molecule has 1 fully saturated rings. The zero-order valence-corrected chi connectivity index (χ0v) is 14.9. The molecule has 0 aliphatic carbocycles. The third-order valence-corrected chi connectivity index (χ3v) is 4.97. The van der Waals surface area contributed by atoms with Crippen LogP contribution in [0, 0.1) is 5.41 Å². The summed E-state index contributed by atoms with van der Waals surface area (Å²) >= 11 is 0. The summed E-state index contributed by atoms with van der Waals surface area (Å²) in [5.41, 5.74) is 9.29. The maximum absolute atomic E-state index is 6.24. The van der Waals surface area contributed by atoms with Crippen molar-refractivity contribution in [2.45, 2.75) is 59.0 Å². The summed E-state index contributed by atoms with van der Waals surface area (Å²) < 4.78 is 0. The van der Waals surface area contributed by atoms with E-state index in [-0.39, 0.29) is 17.8 Å². The van der Waals surface area contributed by atoms with Crippen LogP contribution in [0.3, 0.4) is 0 Å². The van der Waals surface area contributed by atoms with Crippen LogP contribution >= 0.6 is 12.4 Å². The summed E-state index contributed by atoms with van der Waals surface area (Å²) in [5.74, 6) is 0.603. The molecule has 2 atom stereocenters. The summed E-state index contributed by atoms with van der Waals surface area (Å²) in [6.07, 6.45) is 1.10. The van der Waals surface area contributed by atoms with Crippen molar-refractivity contribution in [2.75, 3.05) is 13.1 Å². The molecule has 0 aromatic heterocycles. The van der Waals surface area contributed by atoms with Crippen molar-refractivity contribution < 1.29 is 0 Å². The molecule has 1 aromatic rings. The SMILES string of the molecule is CC(C)c1ccc(C(C)N2CCC(N)C(C)(C)C2)cc1.Cl. The Hall–Kier alpha value is -0.570. The zero-order chi connectivity index (χ0) is 14.9. The predicted molar refractivity (Wildman–Crippen MR) is 94.1 cm³/mol. The lowest BCUT2D eigenvalue weighted by Gasteiger charge is -2.45. The number of nitrogens with two attached hydrogens (primary N) is 1. The van der Waals surface area contributed by atoms with E-state index in [0.717, 1.165) is 19.5 Å². The van der Waals surface area contributed by atoms with Crippen molar-refractivity contribution in [1.29, 1.82) is 0 Å². The van der Waals surface area contributed by atoms with Crippen molar-refractivity contribution in [2.24, 2.45) is 11.1 Å². The second-order valence-corrected chi connectivity index (χ2v) is 7.35. The molecule has 1 saturated heterocycles. The van der Waals surface area contributed by atoms with Crippen LogP contribution in [0.15, 0.2) is 24.3 Å². The fourth-order valence-electron chi connectivity index (χ4n) is 3.12. The van der Waals surface area contributed by atoms with Gasteiger partial charge in [0.2, 0.25) is 0 Å². The molecule has 1 aliphatic heterocycles. The average molecular weight is 311 g/mol. The average Bonchev–Trinajstić information content (AvgIpc) is 2.41. The first-order valence-corrected chi connectivity index (χ1v) is 7.91. The Balaban J connectivity index is 0.00000220. The molecule has 3 heteroatoms. The first kappa shape index (κ1) is 18.5. The third kappa shape index (κ3) is 4.21. The van der Waals surface area contributed by atoms with Crippen LogP contribution in [0.5, 0.6) is 0 Å². The number of piperidine rings is 1. The molecule has 2 N–H and O–H groups in total. The van der Waals surface area contributed by atoms with Crippen LogP contribution in [0.25, 0.3) is 0 Å². The minimum atomic E-state index is 0. The number of likely N-dealkylation sites (tertiary alicyclic amines) is 1. The van der Waals surface area contributed by atoms with Crippen LogP contribution < -0.4 is 5.73 Å². The van der Waals surface area contributed by atoms with Gasteiger partial charge in [-0.05, 0) is 35.8 Å². The molecule has 0 amide bonds. The first-order valence-electron chi connectivity index (χ1n) is 7.91. The van der Waals surface area contributed by atoms with Gasteiger partial charge >= 0.3 is 0 Å². The van der Waals surface area contributed by atoms with E-state index >= 15 is 0 Å². The molecule has 1 heterocycles. The van der Waals surface area contributed by atoms with Gasteiger partial charge in [-0.2, -0.15) is 0 Å². The van der Waals surface area contributed by atoms with Gasteiger partial charge in [0.25, 0.3) is 0 Å². The van der Waals surface area contributed by atoms with Gasteiger partial charge in [-0.15, -0.1) is 12.4 Å². The lowest BCUT2D eigenvalue weighted by Crippen LogP contribution is -2.52. The molecule has 0 radical (unpaired) electrons. The lowest BCUT2D eigenvalue weighted by molar-refractivity contribution is 0.0664. The quantitative estimate of drug-likeness (QED) is 0.899. The minimum absolute atomic E-state index is 0. The highest BCUT2D eigenvalue weighted by atomic mass is 35.5. The second-order valence-electron chi connectivity index (χ2n) is 7.35. The van der Waals surface area contributed by atoms with E-state index < -0.39 is 0 Å². The van der Waals surface area contributed by atoms with Crippen LogP contribution in [-0.4, -0.2) is 24.0 Å². The van der Waals surface area contributed by atoms with Crippen molar-refractivity contribution >= 4 is 12.4 Å². The molecule has 0 saturated carbocycles. The van der Waals surface area contributed by atoms with Crippen molar-refractivity contribution in [1.82, 2.24) is 4.90 Å². The predicted octanol–water partition coefficient (Wildman–Crippen LogP) is 4.35. The Kier molecular flexibility index (Phi) is 6.27. The maximum atomic E-state index is 6.24. The first-order chi connectivity index (χ1) is 9.31.